The number of hydrazone groups is 1. The average Bonchev–Trinajstić information content (AvgIpc) is 2.70. The Labute approximate surface area is 157 Å². The van der Waals surface area contributed by atoms with Crippen molar-refractivity contribution in [3.8, 4) is 5.75 Å². The van der Waals surface area contributed by atoms with Gasteiger partial charge in [-0.3, -0.25) is 4.79 Å². The Morgan fingerprint density at radius 2 is 1.52 bits per heavy atom. The van der Waals surface area contributed by atoms with Crippen LogP contribution in [0.5, 0.6) is 5.75 Å². The van der Waals surface area contributed by atoms with E-state index in [4.69, 9.17) is 0 Å². The first-order valence-electron chi connectivity index (χ1n) is 8.48. The molecule has 0 spiro atoms. The second-order valence-electron chi connectivity index (χ2n) is 6.20. The number of carbonyl (C=O) groups is 1. The minimum atomic E-state index is -1.89. The van der Waals surface area contributed by atoms with Crippen molar-refractivity contribution in [1.82, 2.24) is 5.43 Å². The molecule has 0 saturated heterocycles. The highest BCUT2D eigenvalue weighted by molar-refractivity contribution is 5.91. The molecule has 5 nitrogen and oxygen atoms in total. The number of nitrogens with zero attached hydrogens (tertiary/aromatic N) is 1. The van der Waals surface area contributed by atoms with E-state index in [2.05, 4.69) is 10.5 Å². The number of amides is 1. The number of rotatable bonds is 5. The predicted molar refractivity (Wildman–Crippen MR) is 104 cm³/mol. The highest BCUT2D eigenvalue weighted by Gasteiger charge is 2.39. The van der Waals surface area contributed by atoms with Gasteiger partial charge in [0.25, 0.3) is 5.91 Å². The van der Waals surface area contributed by atoms with E-state index in [-0.39, 0.29) is 5.75 Å². The van der Waals surface area contributed by atoms with Gasteiger partial charge >= 0.3 is 0 Å². The number of aliphatic hydroxyl groups is 1. The van der Waals surface area contributed by atoms with Crippen molar-refractivity contribution >= 4 is 12.1 Å². The zero-order valence-corrected chi connectivity index (χ0v) is 14.8. The van der Waals surface area contributed by atoms with Crippen molar-refractivity contribution < 1.29 is 15.0 Å². The van der Waals surface area contributed by atoms with Crippen LogP contribution < -0.4 is 5.43 Å². The van der Waals surface area contributed by atoms with E-state index in [1.54, 1.807) is 60.7 Å². The summed E-state index contributed by atoms with van der Waals surface area (Å²) in [5, 5.41) is 25.1. The molecular formula is C22H20N2O3. The maximum absolute atomic E-state index is 12.9. The molecule has 0 aliphatic rings. The van der Waals surface area contributed by atoms with E-state index < -0.39 is 11.5 Å². The molecule has 0 aromatic heterocycles. The molecular weight excluding hydrogens is 340 g/mol. The first-order chi connectivity index (χ1) is 13.0. The van der Waals surface area contributed by atoms with E-state index in [0.29, 0.717) is 16.7 Å². The fourth-order valence-electron chi connectivity index (χ4n) is 2.79. The molecule has 27 heavy (non-hydrogen) atoms. The highest BCUT2D eigenvalue weighted by Crippen LogP contribution is 2.29. The number of phenolic OH excluding ortho intramolecular Hbond substituents is 1. The maximum Gasteiger partial charge on any atom is 0.281 e. The smallest absolute Gasteiger partial charge is 0.281 e. The van der Waals surface area contributed by atoms with Gasteiger partial charge in [-0.05, 0) is 35.7 Å². The van der Waals surface area contributed by atoms with Crippen LogP contribution in [0.2, 0.25) is 0 Å². The minimum Gasteiger partial charge on any atom is -0.507 e. The lowest BCUT2D eigenvalue weighted by Gasteiger charge is -2.27. The lowest BCUT2D eigenvalue weighted by Crippen LogP contribution is -2.43. The zero-order chi connectivity index (χ0) is 19.3. The fourth-order valence-corrected chi connectivity index (χ4v) is 2.79. The van der Waals surface area contributed by atoms with Crippen LogP contribution in [0, 0.1) is 6.92 Å². The highest BCUT2D eigenvalue weighted by atomic mass is 16.3. The molecule has 0 unspecified atom stereocenters. The molecule has 0 saturated carbocycles. The monoisotopic (exact) mass is 360 g/mol. The number of hydrogen-bond donors (Lipinski definition) is 3. The fraction of sp³-hybridized carbons (Fsp3) is 0.0909. The Bertz CT molecular complexity index is 914. The molecule has 0 heterocycles. The first kappa shape index (κ1) is 18.4. The van der Waals surface area contributed by atoms with Gasteiger partial charge < -0.3 is 10.2 Å². The van der Waals surface area contributed by atoms with Gasteiger partial charge in [-0.2, -0.15) is 5.10 Å². The molecule has 5 heteroatoms. The third kappa shape index (κ3) is 3.88. The molecule has 136 valence electrons. The number of nitrogens with one attached hydrogen (secondary N) is 1. The van der Waals surface area contributed by atoms with Crippen molar-refractivity contribution in [2.24, 2.45) is 5.10 Å². The summed E-state index contributed by atoms with van der Waals surface area (Å²) in [5.41, 5.74) is 2.73. The third-order valence-electron chi connectivity index (χ3n) is 4.27. The molecule has 1 amide bonds. The zero-order valence-electron chi connectivity index (χ0n) is 14.8. The second-order valence-corrected chi connectivity index (χ2v) is 6.20. The topological polar surface area (TPSA) is 81.9 Å². The van der Waals surface area contributed by atoms with Crippen molar-refractivity contribution in [2.75, 3.05) is 0 Å². The van der Waals surface area contributed by atoms with Crippen molar-refractivity contribution in [3.63, 3.8) is 0 Å². The summed E-state index contributed by atoms with van der Waals surface area (Å²) < 4.78 is 0. The number of phenols is 1. The average molecular weight is 360 g/mol. The molecule has 0 atom stereocenters. The summed E-state index contributed by atoms with van der Waals surface area (Å²) in [7, 11) is 0. The Balaban J connectivity index is 1.89. The van der Waals surface area contributed by atoms with Crippen LogP contribution in [0.15, 0.2) is 84.0 Å². The van der Waals surface area contributed by atoms with Gasteiger partial charge in [0.2, 0.25) is 0 Å². The number of hydrogen-bond acceptors (Lipinski definition) is 4. The van der Waals surface area contributed by atoms with Crippen LogP contribution in [0.3, 0.4) is 0 Å². The molecule has 0 fully saturated rings. The van der Waals surface area contributed by atoms with Crippen LogP contribution in [-0.2, 0) is 10.4 Å². The van der Waals surface area contributed by atoms with Crippen LogP contribution in [-0.4, -0.2) is 22.3 Å². The Kier molecular flexibility index (Phi) is 5.33. The van der Waals surface area contributed by atoms with E-state index in [0.717, 1.165) is 5.56 Å². The van der Waals surface area contributed by atoms with Gasteiger partial charge in [0, 0.05) is 5.56 Å². The standard InChI is InChI=1S/C22H20N2O3/c1-16-12-13-17(20(25)14-16)15-23-24-21(26)22(27,18-8-4-2-5-9-18)19-10-6-3-7-11-19/h2-15,25,27H,1H3,(H,24,26). The summed E-state index contributed by atoms with van der Waals surface area (Å²) in [6.07, 6.45) is 1.34. The second kappa shape index (κ2) is 7.85. The molecule has 3 aromatic rings. The SMILES string of the molecule is Cc1ccc(C=NNC(=O)C(O)(c2ccccc2)c2ccccc2)c(O)c1. The lowest BCUT2D eigenvalue weighted by atomic mass is 9.85. The predicted octanol–water partition coefficient (Wildman–Crippen LogP) is 3.09. The molecule has 3 aromatic carbocycles. The van der Waals surface area contributed by atoms with Gasteiger partial charge in [-0.15, -0.1) is 0 Å². The number of aromatic hydroxyl groups is 1. The lowest BCUT2D eigenvalue weighted by molar-refractivity contribution is -0.136. The number of aryl methyl sites for hydroxylation is 1. The van der Waals surface area contributed by atoms with Crippen LogP contribution in [0.4, 0.5) is 0 Å². The van der Waals surface area contributed by atoms with Crippen molar-refractivity contribution in [1.29, 1.82) is 0 Å². The third-order valence-corrected chi connectivity index (χ3v) is 4.27. The van der Waals surface area contributed by atoms with Crippen LogP contribution in [0.1, 0.15) is 22.3 Å². The van der Waals surface area contributed by atoms with Gasteiger partial charge in [-0.25, -0.2) is 5.43 Å². The first-order valence-corrected chi connectivity index (χ1v) is 8.48. The van der Waals surface area contributed by atoms with E-state index >= 15 is 0 Å². The summed E-state index contributed by atoms with van der Waals surface area (Å²) in [6, 6.07) is 22.5. The van der Waals surface area contributed by atoms with E-state index in [1.807, 2.05) is 25.1 Å². The summed E-state index contributed by atoms with van der Waals surface area (Å²) in [6.45, 7) is 1.86. The normalized spacial score (nSPS) is 11.5. The molecule has 3 N–H and O–H groups in total. The van der Waals surface area contributed by atoms with Gasteiger partial charge in [-0.1, -0.05) is 66.7 Å². The molecule has 0 aliphatic carbocycles. The minimum absolute atomic E-state index is 0.0642. The van der Waals surface area contributed by atoms with E-state index in [9.17, 15) is 15.0 Å². The molecule has 0 radical (unpaired) electrons. The van der Waals surface area contributed by atoms with Crippen molar-refractivity contribution in [3.05, 3.63) is 101 Å². The Hall–Kier alpha value is -3.44. The molecule has 0 aliphatic heterocycles. The molecule has 0 bridgehead atoms. The Morgan fingerprint density at radius 3 is 2.04 bits per heavy atom. The van der Waals surface area contributed by atoms with Gasteiger partial charge in [0.1, 0.15) is 5.75 Å². The van der Waals surface area contributed by atoms with Gasteiger partial charge in [0.15, 0.2) is 5.60 Å². The van der Waals surface area contributed by atoms with E-state index in [1.165, 1.54) is 6.21 Å². The van der Waals surface area contributed by atoms with Gasteiger partial charge in [0.05, 0.1) is 6.21 Å². The van der Waals surface area contributed by atoms with Crippen LogP contribution in [0.25, 0.3) is 0 Å². The Morgan fingerprint density at radius 1 is 0.963 bits per heavy atom. The molecule has 3 rings (SSSR count). The maximum atomic E-state index is 12.9. The summed E-state index contributed by atoms with van der Waals surface area (Å²) in [5.74, 6) is -0.628. The number of carbonyl (C=O) groups excluding carboxylic acids is 1. The quantitative estimate of drug-likeness (QED) is 0.483. The van der Waals surface area contributed by atoms with Crippen molar-refractivity contribution in [2.45, 2.75) is 12.5 Å². The number of benzene rings is 3. The summed E-state index contributed by atoms with van der Waals surface area (Å²) in [4.78, 5) is 12.9. The largest absolute Gasteiger partial charge is 0.507 e. The van der Waals surface area contributed by atoms with Crippen LogP contribution >= 0.6 is 0 Å². The summed E-state index contributed by atoms with van der Waals surface area (Å²) >= 11 is 0.